The van der Waals surface area contributed by atoms with E-state index in [0.717, 1.165) is 11.6 Å². The molecule has 1 amide bonds. The molecule has 1 aromatic heterocycles. The van der Waals surface area contributed by atoms with Gasteiger partial charge in [0.15, 0.2) is 11.5 Å². The molecule has 166 valence electrons. The first-order valence-electron chi connectivity index (χ1n) is 10.1. The zero-order chi connectivity index (χ0) is 22.3. The van der Waals surface area contributed by atoms with E-state index in [0.29, 0.717) is 17.2 Å². The maximum atomic E-state index is 14.0. The molecular formula is C23H18F3NO5. The van der Waals surface area contributed by atoms with Gasteiger partial charge in [0, 0.05) is 11.1 Å². The zero-order valence-electron chi connectivity index (χ0n) is 16.9. The van der Waals surface area contributed by atoms with Crippen molar-refractivity contribution < 1.29 is 36.6 Å². The molecule has 4 aliphatic rings. The number of furan rings is 1. The van der Waals surface area contributed by atoms with Crippen molar-refractivity contribution in [3.05, 3.63) is 77.2 Å². The molecule has 0 bridgehead atoms. The summed E-state index contributed by atoms with van der Waals surface area (Å²) < 4.78 is 61.1. The standard InChI is InChI=1S/C23H18F3NO5/c1-21-9-17-16(30-12-31-17)8-19(21)29-11-22(21)14-4-2-3-5-15(14)27(20(22)28)10-13-6-7-18(32-13)23(24,25)26/h2-9,19H,10-12H2,1H3/t19?,21?,22-/m1/s1. The highest BCUT2D eigenvalue weighted by molar-refractivity contribution is 6.09. The highest BCUT2D eigenvalue weighted by atomic mass is 19.4. The lowest BCUT2D eigenvalue weighted by Gasteiger charge is -2.39. The second-order valence-electron chi connectivity index (χ2n) is 8.54. The first kappa shape index (κ1) is 19.5. The highest BCUT2D eigenvalue weighted by Crippen LogP contribution is 2.61. The highest BCUT2D eigenvalue weighted by Gasteiger charge is 2.68. The van der Waals surface area contributed by atoms with Crippen LogP contribution in [0.2, 0.25) is 0 Å². The lowest BCUT2D eigenvalue weighted by molar-refractivity contribution is -0.153. The monoisotopic (exact) mass is 445 g/mol. The molecule has 3 atom stereocenters. The van der Waals surface area contributed by atoms with Crippen LogP contribution in [0.5, 0.6) is 0 Å². The number of anilines is 1. The predicted octanol–water partition coefficient (Wildman–Crippen LogP) is 4.27. The van der Waals surface area contributed by atoms with Gasteiger partial charge in [-0.1, -0.05) is 25.1 Å². The fourth-order valence-electron chi connectivity index (χ4n) is 5.28. The molecule has 0 saturated carbocycles. The lowest BCUT2D eigenvalue weighted by atomic mass is 9.59. The van der Waals surface area contributed by atoms with E-state index in [-0.39, 0.29) is 31.6 Å². The van der Waals surface area contributed by atoms with Crippen LogP contribution in [0.4, 0.5) is 18.9 Å². The number of carbonyl (C=O) groups excluding carboxylic acids is 1. The van der Waals surface area contributed by atoms with Crippen molar-refractivity contribution in [3.63, 3.8) is 0 Å². The first-order valence-corrected chi connectivity index (χ1v) is 10.1. The van der Waals surface area contributed by atoms with Gasteiger partial charge in [0.2, 0.25) is 18.5 Å². The average molecular weight is 445 g/mol. The Balaban J connectivity index is 1.44. The SMILES string of the molecule is CC12C=C3OCOC3=CC1OC[C@@]21C(=O)N(Cc2ccc(C(F)(F)F)o2)c2ccccc21. The molecule has 6 rings (SSSR count). The summed E-state index contributed by atoms with van der Waals surface area (Å²) in [6, 6.07) is 9.43. The van der Waals surface area contributed by atoms with E-state index in [1.807, 2.05) is 31.2 Å². The summed E-state index contributed by atoms with van der Waals surface area (Å²) in [7, 11) is 0. The van der Waals surface area contributed by atoms with Crippen LogP contribution in [0.3, 0.4) is 0 Å². The Hall–Kier alpha value is -3.20. The topological polar surface area (TPSA) is 61.1 Å². The number of para-hydroxylation sites is 1. The molecule has 2 aromatic rings. The normalized spacial score (nSPS) is 30.4. The number of halogens is 3. The summed E-state index contributed by atoms with van der Waals surface area (Å²) in [4.78, 5) is 15.5. The Labute approximate surface area is 180 Å². The minimum atomic E-state index is -4.59. The molecule has 9 heteroatoms. The minimum absolute atomic E-state index is 0.0508. The van der Waals surface area contributed by atoms with Crippen molar-refractivity contribution in [1.82, 2.24) is 0 Å². The average Bonchev–Trinajstić information content (AvgIpc) is 3.50. The van der Waals surface area contributed by atoms with Crippen molar-refractivity contribution in [3.8, 4) is 0 Å². The molecular weight excluding hydrogens is 427 g/mol. The molecule has 0 radical (unpaired) electrons. The fourth-order valence-corrected chi connectivity index (χ4v) is 5.28. The second kappa shape index (κ2) is 6.19. The van der Waals surface area contributed by atoms with Crippen LogP contribution in [-0.2, 0) is 37.1 Å². The van der Waals surface area contributed by atoms with Gasteiger partial charge in [0.1, 0.15) is 11.2 Å². The molecule has 1 aliphatic carbocycles. The van der Waals surface area contributed by atoms with Crippen LogP contribution in [0.15, 0.2) is 64.5 Å². The first-order chi connectivity index (χ1) is 15.2. The maximum absolute atomic E-state index is 14.0. The Morgan fingerprint density at radius 1 is 1.12 bits per heavy atom. The number of hydrogen-bond acceptors (Lipinski definition) is 5. The van der Waals surface area contributed by atoms with Gasteiger partial charge in [0.05, 0.1) is 19.3 Å². The second-order valence-corrected chi connectivity index (χ2v) is 8.54. The lowest BCUT2D eigenvalue weighted by Crippen LogP contribution is -2.52. The molecule has 1 aromatic carbocycles. The summed E-state index contributed by atoms with van der Waals surface area (Å²) in [5, 5.41) is 0. The summed E-state index contributed by atoms with van der Waals surface area (Å²) in [5.74, 6) is -0.129. The fraction of sp³-hybridized carbons (Fsp3) is 0.348. The van der Waals surface area contributed by atoms with Crippen molar-refractivity contribution in [2.75, 3.05) is 18.3 Å². The van der Waals surface area contributed by atoms with Gasteiger partial charge in [-0.2, -0.15) is 13.2 Å². The predicted molar refractivity (Wildman–Crippen MR) is 104 cm³/mol. The van der Waals surface area contributed by atoms with Crippen LogP contribution in [0, 0.1) is 5.41 Å². The van der Waals surface area contributed by atoms with Gasteiger partial charge in [-0.15, -0.1) is 0 Å². The molecule has 2 saturated heterocycles. The van der Waals surface area contributed by atoms with Crippen molar-refractivity contribution in [2.45, 2.75) is 31.2 Å². The molecule has 2 fully saturated rings. The van der Waals surface area contributed by atoms with E-state index in [4.69, 9.17) is 18.6 Å². The number of hydrogen-bond donors (Lipinski definition) is 0. The number of fused-ring (bicyclic) bond motifs is 5. The number of benzene rings is 1. The third-order valence-electron chi connectivity index (χ3n) is 6.92. The molecule has 3 aliphatic heterocycles. The van der Waals surface area contributed by atoms with E-state index in [1.165, 1.54) is 11.0 Å². The van der Waals surface area contributed by atoms with Crippen LogP contribution in [0.25, 0.3) is 0 Å². The van der Waals surface area contributed by atoms with Crippen molar-refractivity contribution in [2.24, 2.45) is 5.41 Å². The van der Waals surface area contributed by atoms with Crippen LogP contribution in [-0.4, -0.2) is 25.4 Å². The van der Waals surface area contributed by atoms with Crippen molar-refractivity contribution in [1.29, 1.82) is 0 Å². The summed E-state index contributed by atoms with van der Waals surface area (Å²) in [6.45, 7) is 2.05. The number of amides is 1. The molecule has 0 N–H and O–H groups in total. The smallest absolute Gasteiger partial charge is 0.449 e. The molecule has 4 heterocycles. The van der Waals surface area contributed by atoms with Gasteiger partial charge in [-0.3, -0.25) is 4.79 Å². The number of alkyl halides is 3. The van der Waals surface area contributed by atoms with Gasteiger partial charge < -0.3 is 23.5 Å². The van der Waals surface area contributed by atoms with E-state index in [2.05, 4.69) is 0 Å². The largest absolute Gasteiger partial charge is 0.455 e. The third-order valence-corrected chi connectivity index (χ3v) is 6.92. The minimum Gasteiger partial charge on any atom is -0.455 e. The number of rotatable bonds is 2. The van der Waals surface area contributed by atoms with Gasteiger partial charge in [0.25, 0.3) is 0 Å². The number of ether oxygens (including phenoxy) is 3. The molecule has 1 spiro atoms. The zero-order valence-corrected chi connectivity index (χ0v) is 16.9. The summed E-state index contributed by atoms with van der Waals surface area (Å²) in [6.07, 6.45) is -1.29. The van der Waals surface area contributed by atoms with Gasteiger partial charge in [-0.25, -0.2) is 0 Å². The Morgan fingerprint density at radius 3 is 2.69 bits per heavy atom. The number of carbonyl (C=O) groups is 1. The van der Waals surface area contributed by atoms with E-state index in [1.54, 1.807) is 12.1 Å². The summed E-state index contributed by atoms with van der Waals surface area (Å²) >= 11 is 0. The van der Waals surface area contributed by atoms with E-state index >= 15 is 0 Å². The van der Waals surface area contributed by atoms with Crippen LogP contribution >= 0.6 is 0 Å². The van der Waals surface area contributed by atoms with Crippen molar-refractivity contribution >= 4 is 11.6 Å². The maximum Gasteiger partial charge on any atom is 0.449 e. The van der Waals surface area contributed by atoms with E-state index < -0.39 is 28.9 Å². The number of nitrogens with zero attached hydrogens (tertiary/aromatic N) is 1. The van der Waals surface area contributed by atoms with Crippen LogP contribution < -0.4 is 4.90 Å². The molecule has 2 unspecified atom stereocenters. The Bertz CT molecular complexity index is 1200. The quantitative estimate of drug-likeness (QED) is 0.691. The Kier molecular flexibility index (Phi) is 3.77. The Morgan fingerprint density at radius 2 is 1.91 bits per heavy atom. The third kappa shape index (κ3) is 2.37. The van der Waals surface area contributed by atoms with Crippen LogP contribution in [0.1, 0.15) is 24.0 Å². The van der Waals surface area contributed by atoms with Gasteiger partial charge >= 0.3 is 6.18 Å². The van der Waals surface area contributed by atoms with E-state index in [9.17, 15) is 18.0 Å². The molecule has 32 heavy (non-hydrogen) atoms. The summed E-state index contributed by atoms with van der Waals surface area (Å²) in [5.41, 5.74) is -0.439. The van der Waals surface area contributed by atoms with Gasteiger partial charge in [-0.05, 0) is 35.9 Å². The molecule has 6 nitrogen and oxygen atoms in total.